The number of nitrogens with one attached hydrogen (secondary N) is 1. The number of thioether (sulfide) groups is 1. The molecule has 0 bridgehead atoms. The summed E-state index contributed by atoms with van der Waals surface area (Å²) in [6.45, 7) is 0.931. The van der Waals surface area contributed by atoms with Crippen LogP contribution in [0.1, 0.15) is 6.92 Å². The molecule has 0 aromatic heterocycles. The molecule has 1 amide bonds. The van der Waals surface area contributed by atoms with Crippen LogP contribution in [0.15, 0.2) is 29.2 Å². The maximum absolute atomic E-state index is 11.3. The van der Waals surface area contributed by atoms with Gasteiger partial charge < -0.3 is 25.4 Å². The van der Waals surface area contributed by atoms with Crippen molar-refractivity contribution in [3.8, 4) is 0 Å². The number of benzene rings is 1. The van der Waals surface area contributed by atoms with E-state index in [0.717, 1.165) is 10.4 Å². The summed E-state index contributed by atoms with van der Waals surface area (Å²) in [5.74, 6) is -0.322. The molecular formula is C14H20BNO5S. The van der Waals surface area contributed by atoms with Crippen LogP contribution >= 0.6 is 11.8 Å². The minimum atomic E-state index is -1.25. The highest BCUT2D eigenvalue weighted by molar-refractivity contribution is 7.99. The molecule has 120 valence electrons. The highest BCUT2D eigenvalue weighted by Gasteiger charge is 2.45. The molecule has 1 aromatic carbocycles. The second-order valence-electron chi connectivity index (χ2n) is 5.36. The molecule has 1 aliphatic rings. The van der Waals surface area contributed by atoms with Gasteiger partial charge in [0.15, 0.2) is 0 Å². The van der Waals surface area contributed by atoms with E-state index in [1.807, 2.05) is 32.1 Å². The van der Waals surface area contributed by atoms with Crippen LogP contribution in [0.25, 0.3) is 0 Å². The van der Waals surface area contributed by atoms with Crippen molar-refractivity contribution in [2.45, 2.75) is 41.6 Å². The SMILES string of the molecule is Bc1ccc(S[C@@H]2OC(CO)[C@@H](O)C(O)C2NC(C)=O)cc1. The van der Waals surface area contributed by atoms with E-state index in [1.54, 1.807) is 0 Å². The van der Waals surface area contributed by atoms with Crippen molar-refractivity contribution < 1.29 is 24.9 Å². The van der Waals surface area contributed by atoms with Crippen molar-refractivity contribution in [3.05, 3.63) is 24.3 Å². The fourth-order valence-electron chi connectivity index (χ4n) is 2.32. The molecule has 0 radical (unpaired) electrons. The predicted molar refractivity (Wildman–Crippen MR) is 85.8 cm³/mol. The largest absolute Gasteiger partial charge is 0.394 e. The molecule has 6 nitrogen and oxygen atoms in total. The maximum Gasteiger partial charge on any atom is 0.217 e. The number of rotatable bonds is 4. The minimum Gasteiger partial charge on any atom is -0.394 e. The van der Waals surface area contributed by atoms with Crippen molar-refractivity contribution in [3.63, 3.8) is 0 Å². The predicted octanol–water partition coefficient (Wildman–Crippen LogP) is -2.02. The normalized spacial score (nSPS) is 31.7. The second-order valence-corrected chi connectivity index (χ2v) is 6.54. The number of hydrogen-bond donors (Lipinski definition) is 4. The average molecular weight is 325 g/mol. The molecule has 2 rings (SSSR count). The Balaban J connectivity index is 2.18. The lowest BCUT2D eigenvalue weighted by molar-refractivity contribution is -0.173. The van der Waals surface area contributed by atoms with Gasteiger partial charge in [0.2, 0.25) is 5.91 Å². The summed E-state index contributed by atoms with van der Waals surface area (Å²) >= 11 is 1.33. The third-order valence-corrected chi connectivity index (χ3v) is 4.70. The summed E-state index contributed by atoms with van der Waals surface area (Å²) in [5, 5.41) is 32.0. The van der Waals surface area contributed by atoms with E-state index in [4.69, 9.17) is 4.74 Å². The van der Waals surface area contributed by atoms with Gasteiger partial charge in [-0.2, -0.15) is 0 Å². The lowest BCUT2D eigenvalue weighted by atomic mass is 9.97. The van der Waals surface area contributed by atoms with E-state index >= 15 is 0 Å². The number of hydrogen-bond acceptors (Lipinski definition) is 6. The molecule has 0 saturated carbocycles. The van der Waals surface area contributed by atoms with Gasteiger partial charge in [0.1, 0.15) is 31.6 Å². The third kappa shape index (κ3) is 4.02. The fourth-order valence-corrected chi connectivity index (χ4v) is 3.46. The Bertz CT molecular complexity index is 514. The summed E-state index contributed by atoms with van der Waals surface area (Å²) in [7, 11) is 1.98. The van der Waals surface area contributed by atoms with Crippen molar-refractivity contribution in [1.29, 1.82) is 0 Å². The number of aliphatic hydroxyl groups is 3. The lowest BCUT2D eigenvalue weighted by Gasteiger charge is -2.42. The van der Waals surface area contributed by atoms with Gasteiger partial charge in [0, 0.05) is 11.8 Å². The van der Waals surface area contributed by atoms with Gasteiger partial charge in [-0.05, 0) is 12.1 Å². The molecule has 1 heterocycles. The summed E-state index contributed by atoms with van der Waals surface area (Å²) in [4.78, 5) is 12.2. The van der Waals surface area contributed by atoms with Crippen LogP contribution in [0.2, 0.25) is 0 Å². The third-order valence-electron chi connectivity index (χ3n) is 3.52. The number of amides is 1. The van der Waals surface area contributed by atoms with Gasteiger partial charge in [-0.15, -0.1) is 0 Å². The van der Waals surface area contributed by atoms with Crippen molar-refractivity contribution >= 4 is 31.0 Å². The second kappa shape index (κ2) is 7.48. The molecule has 1 saturated heterocycles. The van der Waals surface area contributed by atoms with E-state index < -0.39 is 36.4 Å². The van der Waals surface area contributed by atoms with Gasteiger partial charge >= 0.3 is 0 Å². The smallest absolute Gasteiger partial charge is 0.217 e. The molecule has 1 aliphatic heterocycles. The zero-order valence-corrected chi connectivity index (χ0v) is 13.3. The lowest BCUT2D eigenvalue weighted by Crippen LogP contribution is -2.63. The van der Waals surface area contributed by atoms with Gasteiger partial charge in [-0.1, -0.05) is 29.4 Å². The Hall–Kier alpha value is -1.06. The number of ether oxygens (including phenoxy) is 1. The monoisotopic (exact) mass is 325 g/mol. The minimum absolute atomic E-state index is 0.322. The zero-order chi connectivity index (χ0) is 16.3. The van der Waals surface area contributed by atoms with Crippen molar-refractivity contribution in [1.82, 2.24) is 5.32 Å². The summed E-state index contributed by atoms with van der Waals surface area (Å²) in [6.07, 6.45) is -3.35. The van der Waals surface area contributed by atoms with Crippen LogP contribution in [0.3, 0.4) is 0 Å². The fraction of sp³-hybridized carbons (Fsp3) is 0.500. The highest BCUT2D eigenvalue weighted by atomic mass is 32.2. The summed E-state index contributed by atoms with van der Waals surface area (Å²) in [5.41, 5.74) is 0.512. The first-order chi connectivity index (χ1) is 10.4. The Morgan fingerprint density at radius 1 is 1.32 bits per heavy atom. The van der Waals surface area contributed by atoms with E-state index in [1.165, 1.54) is 18.7 Å². The maximum atomic E-state index is 11.3. The Kier molecular flexibility index (Phi) is 5.88. The molecular weight excluding hydrogens is 305 g/mol. The molecule has 0 spiro atoms. The quantitative estimate of drug-likeness (QED) is 0.477. The Labute approximate surface area is 134 Å². The average Bonchev–Trinajstić information content (AvgIpc) is 2.48. The van der Waals surface area contributed by atoms with Gasteiger partial charge in [-0.3, -0.25) is 4.79 Å². The van der Waals surface area contributed by atoms with Crippen molar-refractivity contribution in [2.75, 3.05) is 6.61 Å². The van der Waals surface area contributed by atoms with E-state index in [9.17, 15) is 20.1 Å². The van der Waals surface area contributed by atoms with Gasteiger partial charge in [-0.25, -0.2) is 0 Å². The van der Waals surface area contributed by atoms with E-state index in [0.29, 0.717) is 0 Å². The van der Waals surface area contributed by atoms with Gasteiger partial charge in [0.05, 0.1) is 12.6 Å². The van der Waals surface area contributed by atoms with Crippen LogP contribution in [0.4, 0.5) is 0 Å². The van der Waals surface area contributed by atoms with Crippen molar-refractivity contribution in [2.24, 2.45) is 0 Å². The summed E-state index contributed by atoms with van der Waals surface area (Å²) < 4.78 is 5.65. The zero-order valence-electron chi connectivity index (χ0n) is 12.5. The number of aliphatic hydroxyl groups excluding tert-OH is 3. The van der Waals surface area contributed by atoms with E-state index in [2.05, 4.69) is 5.32 Å². The van der Waals surface area contributed by atoms with E-state index in [-0.39, 0.29) is 5.91 Å². The molecule has 5 atom stereocenters. The first kappa shape index (κ1) is 17.3. The Morgan fingerprint density at radius 3 is 2.50 bits per heavy atom. The van der Waals surface area contributed by atoms with Crippen LogP contribution < -0.4 is 10.8 Å². The molecule has 8 heteroatoms. The molecule has 0 aliphatic carbocycles. The Morgan fingerprint density at radius 2 is 1.95 bits per heavy atom. The number of carbonyl (C=O) groups excluding carboxylic acids is 1. The van der Waals surface area contributed by atoms with Crippen LogP contribution in [-0.4, -0.2) is 65.5 Å². The van der Waals surface area contributed by atoms with Crippen LogP contribution in [-0.2, 0) is 9.53 Å². The van der Waals surface area contributed by atoms with Crippen LogP contribution in [0.5, 0.6) is 0 Å². The first-order valence-corrected chi connectivity index (χ1v) is 7.93. The molecule has 22 heavy (non-hydrogen) atoms. The first-order valence-electron chi connectivity index (χ1n) is 7.05. The molecule has 3 unspecified atom stereocenters. The topological polar surface area (TPSA) is 99.0 Å². The molecule has 4 N–H and O–H groups in total. The standard InChI is InChI=1S/C14H20BNO5S/c1-7(18)16-11-13(20)12(19)10(6-17)21-14(11)22-9-4-2-8(15)3-5-9/h2-5,10-14,17,19-20H,6,15H2,1H3,(H,16,18)/t10?,11?,12-,13?,14+/m1/s1. The summed E-state index contributed by atoms with van der Waals surface area (Å²) in [6, 6.07) is 6.97. The van der Waals surface area contributed by atoms with Gasteiger partial charge in [0.25, 0.3) is 0 Å². The number of carbonyl (C=O) groups is 1. The highest BCUT2D eigenvalue weighted by Crippen LogP contribution is 2.33. The van der Waals surface area contributed by atoms with Crippen LogP contribution in [0, 0.1) is 0 Å². The molecule has 1 aromatic rings. The molecule has 1 fully saturated rings.